The van der Waals surface area contributed by atoms with Crippen LogP contribution in [0.5, 0.6) is 0 Å². The summed E-state index contributed by atoms with van der Waals surface area (Å²) in [5.41, 5.74) is 4.63. The third-order valence-corrected chi connectivity index (χ3v) is 6.85. The van der Waals surface area contributed by atoms with Gasteiger partial charge in [0, 0.05) is 42.8 Å². The summed E-state index contributed by atoms with van der Waals surface area (Å²) >= 11 is 0. The summed E-state index contributed by atoms with van der Waals surface area (Å²) in [6.07, 6.45) is -3.61. The van der Waals surface area contributed by atoms with Crippen LogP contribution in [0.15, 0.2) is 48.5 Å². The number of amides is 2. The number of carbonyl (C=O) groups is 2. The Hall–Kier alpha value is -3.54. The van der Waals surface area contributed by atoms with E-state index in [9.17, 15) is 22.8 Å². The van der Waals surface area contributed by atoms with Crippen LogP contribution in [0.4, 0.5) is 18.9 Å². The monoisotopic (exact) mass is 456 g/mol. The first-order valence-corrected chi connectivity index (χ1v) is 10.6. The molecule has 1 atom stereocenters. The number of piperidine rings is 1. The predicted octanol–water partition coefficient (Wildman–Crippen LogP) is 3.42. The standard InChI is InChI=1S/C24H23F3N4O2/c25-24(26,27)19-12-18(7-6-17(19)13-28)31-14-20(21(29)32)23(15-31)8-10-30(11-9-23)22(33)16-4-2-1-3-5-16/h1-7,12,20H,8-11,14-15H2,(H2,29,32). The highest BCUT2D eigenvalue weighted by Crippen LogP contribution is 2.47. The molecule has 4 rings (SSSR count). The van der Waals surface area contributed by atoms with Crippen molar-refractivity contribution in [3.63, 3.8) is 0 Å². The molecular formula is C24H23F3N4O2. The summed E-state index contributed by atoms with van der Waals surface area (Å²) in [5, 5.41) is 9.05. The number of halogens is 3. The van der Waals surface area contributed by atoms with Crippen molar-refractivity contribution in [1.82, 2.24) is 4.90 Å². The minimum Gasteiger partial charge on any atom is -0.370 e. The van der Waals surface area contributed by atoms with E-state index in [-0.39, 0.29) is 12.5 Å². The summed E-state index contributed by atoms with van der Waals surface area (Å²) in [4.78, 5) is 28.6. The van der Waals surface area contributed by atoms with Crippen LogP contribution in [0.25, 0.3) is 0 Å². The van der Waals surface area contributed by atoms with Crippen LogP contribution in [0, 0.1) is 22.7 Å². The first kappa shape index (κ1) is 22.6. The van der Waals surface area contributed by atoms with E-state index in [4.69, 9.17) is 11.0 Å². The molecule has 2 amide bonds. The lowest BCUT2D eigenvalue weighted by atomic mass is 9.70. The quantitative estimate of drug-likeness (QED) is 0.766. The van der Waals surface area contributed by atoms with E-state index in [0.717, 1.165) is 12.1 Å². The number of likely N-dealkylation sites (tertiary alicyclic amines) is 1. The number of hydrogen-bond acceptors (Lipinski definition) is 4. The van der Waals surface area contributed by atoms with E-state index < -0.39 is 34.5 Å². The summed E-state index contributed by atoms with van der Waals surface area (Å²) in [5.74, 6) is -1.13. The van der Waals surface area contributed by atoms with Gasteiger partial charge in [-0.25, -0.2) is 0 Å². The van der Waals surface area contributed by atoms with Gasteiger partial charge in [0.1, 0.15) is 0 Å². The van der Waals surface area contributed by atoms with Crippen molar-refractivity contribution in [2.75, 3.05) is 31.1 Å². The maximum atomic E-state index is 13.4. The summed E-state index contributed by atoms with van der Waals surface area (Å²) in [6, 6.07) is 14.1. The Morgan fingerprint density at radius 2 is 1.76 bits per heavy atom. The highest BCUT2D eigenvalue weighted by molar-refractivity contribution is 5.94. The fraction of sp³-hybridized carbons (Fsp3) is 0.375. The molecule has 9 heteroatoms. The zero-order valence-corrected chi connectivity index (χ0v) is 17.8. The van der Waals surface area contributed by atoms with Crippen molar-refractivity contribution in [3.8, 4) is 6.07 Å². The second-order valence-electron chi connectivity index (χ2n) is 8.70. The molecule has 2 aliphatic heterocycles. The molecule has 6 nitrogen and oxygen atoms in total. The molecule has 1 spiro atoms. The average Bonchev–Trinajstić information content (AvgIpc) is 3.18. The Labute approximate surface area is 189 Å². The summed E-state index contributed by atoms with van der Waals surface area (Å²) < 4.78 is 40.3. The fourth-order valence-corrected chi connectivity index (χ4v) is 5.04. The molecule has 0 radical (unpaired) electrons. The van der Waals surface area contributed by atoms with Crippen LogP contribution < -0.4 is 10.6 Å². The molecule has 172 valence electrons. The van der Waals surface area contributed by atoms with Gasteiger partial charge in [0.05, 0.1) is 23.1 Å². The largest absolute Gasteiger partial charge is 0.417 e. The molecule has 0 saturated carbocycles. The molecule has 33 heavy (non-hydrogen) atoms. The van der Waals surface area contributed by atoms with Gasteiger partial charge in [-0.15, -0.1) is 0 Å². The van der Waals surface area contributed by atoms with E-state index in [2.05, 4.69) is 0 Å². The normalized spacial score (nSPS) is 20.0. The lowest BCUT2D eigenvalue weighted by Crippen LogP contribution is -2.49. The molecule has 0 bridgehead atoms. The Morgan fingerprint density at radius 3 is 2.33 bits per heavy atom. The van der Waals surface area contributed by atoms with Gasteiger partial charge >= 0.3 is 6.18 Å². The Balaban J connectivity index is 1.56. The number of alkyl halides is 3. The predicted molar refractivity (Wildman–Crippen MR) is 115 cm³/mol. The lowest BCUT2D eigenvalue weighted by molar-refractivity contribution is -0.137. The first-order valence-electron chi connectivity index (χ1n) is 10.6. The van der Waals surface area contributed by atoms with Crippen LogP contribution >= 0.6 is 0 Å². The Morgan fingerprint density at radius 1 is 1.09 bits per heavy atom. The van der Waals surface area contributed by atoms with E-state index in [0.29, 0.717) is 43.7 Å². The van der Waals surface area contributed by atoms with Gasteiger partial charge in [-0.3, -0.25) is 9.59 Å². The van der Waals surface area contributed by atoms with Crippen LogP contribution in [0.3, 0.4) is 0 Å². The number of hydrogen-bond donors (Lipinski definition) is 1. The van der Waals surface area contributed by atoms with E-state index in [1.807, 2.05) is 6.07 Å². The molecule has 1 unspecified atom stereocenters. The molecule has 2 N–H and O–H groups in total. The number of nitrogens with zero attached hydrogens (tertiary/aromatic N) is 3. The minimum atomic E-state index is -4.66. The zero-order valence-electron chi connectivity index (χ0n) is 17.8. The number of nitrogens with two attached hydrogens (primary N) is 1. The zero-order chi connectivity index (χ0) is 23.8. The van der Waals surface area contributed by atoms with Gasteiger partial charge in [-0.05, 0) is 43.2 Å². The Bertz CT molecular complexity index is 1100. The number of nitriles is 1. The van der Waals surface area contributed by atoms with Gasteiger partial charge in [-0.1, -0.05) is 18.2 Å². The van der Waals surface area contributed by atoms with Gasteiger partial charge in [0.2, 0.25) is 5.91 Å². The molecule has 2 heterocycles. The lowest BCUT2D eigenvalue weighted by Gasteiger charge is -2.41. The molecule has 0 aromatic heterocycles. The highest BCUT2D eigenvalue weighted by atomic mass is 19.4. The van der Waals surface area contributed by atoms with E-state index in [1.54, 1.807) is 40.1 Å². The van der Waals surface area contributed by atoms with Gasteiger partial charge in [-0.2, -0.15) is 18.4 Å². The van der Waals surface area contributed by atoms with Gasteiger partial charge < -0.3 is 15.5 Å². The molecule has 2 aromatic rings. The fourth-order valence-electron chi connectivity index (χ4n) is 5.04. The van der Waals surface area contributed by atoms with E-state index >= 15 is 0 Å². The summed E-state index contributed by atoms with van der Waals surface area (Å²) in [7, 11) is 0. The number of anilines is 1. The second kappa shape index (κ2) is 8.43. The third kappa shape index (κ3) is 4.25. The maximum Gasteiger partial charge on any atom is 0.417 e. The number of carbonyl (C=O) groups excluding carboxylic acids is 2. The molecule has 2 saturated heterocycles. The number of primary amides is 1. The Kier molecular flexibility index (Phi) is 5.78. The van der Waals surface area contributed by atoms with Crippen LogP contribution in [-0.2, 0) is 11.0 Å². The molecular weight excluding hydrogens is 433 g/mol. The first-order chi connectivity index (χ1) is 15.6. The minimum absolute atomic E-state index is 0.0853. The average molecular weight is 456 g/mol. The van der Waals surface area contributed by atoms with Gasteiger partial charge in [0.25, 0.3) is 5.91 Å². The van der Waals surface area contributed by atoms with Crippen molar-refractivity contribution in [1.29, 1.82) is 5.26 Å². The van der Waals surface area contributed by atoms with Crippen molar-refractivity contribution in [2.45, 2.75) is 19.0 Å². The summed E-state index contributed by atoms with van der Waals surface area (Å²) in [6.45, 7) is 1.43. The molecule has 2 aliphatic rings. The number of rotatable bonds is 3. The molecule has 2 aromatic carbocycles. The molecule has 2 fully saturated rings. The van der Waals surface area contributed by atoms with Crippen molar-refractivity contribution in [3.05, 3.63) is 65.2 Å². The topological polar surface area (TPSA) is 90.4 Å². The van der Waals surface area contributed by atoms with Crippen LogP contribution in [-0.4, -0.2) is 42.9 Å². The smallest absolute Gasteiger partial charge is 0.370 e. The van der Waals surface area contributed by atoms with Crippen LogP contribution in [0.1, 0.15) is 34.3 Å². The third-order valence-electron chi connectivity index (χ3n) is 6.85. The van der Waals surface area contributed by atoms with Crippen molar-refractivity contribution in [2.24, 2.45) is 17.1 Å². The highest BCUT2D eigenvalue weighted by Gasteiger charge is 2.51. The van der Waals surface area contributed by atoms with E-state index in [1.165, 1.54) is 6.07 Å². The number of benzene rings is 2. The second-order valence-corrected chi connectivity index (χ2v) is 8.70. The van der Waals surface area contributed by atoms with Gasteiger partial charge in [0.15, 0.2) is 0 Å². The van der Waals surface area contributed by atoms with Crippen molar-refractivity contribution < 1.29 is 22.8 Å². The maximum absolute atomic E-state index is 13.4. The SMILES string of the molecule is N#Cc1ccc(N2CC(C(N)=O)C3(CCN(C(=O)c4ccccc4)CC3)C2)cc1C(F)(F)F. The van der Waals surface area contributed by atoms with Crippen LogP contribution in [0.2, 0.25) is 0 Å². The molecule has 0 aliphatic carbocycles. The van der Waals surface area contributed by atoms with Crippen molar-refractivity contribution >= 4 is 17.5 Å².